The van der Waals surface area contributed by atoms with Crippen molar-refractivity contribution in [3.63, 3.8) is 0 Å². The zero-order valence-corrected chi connectivity index (χ0v) is 13.2. The molecule has 0 unspecified atom stereocenters. The van der Waals surface area contributed by atoms with E-state index in [-0.39, 0.29) is 0 Å². The normalized spacial score (nSPS) is 26.3. The highest BCUT2D eigenvalue weighted by molar-refractivity contribution is 4.94. The summed E-state index contributed by atoms with van der Waals surface area (Å²) in [5.41, 5.74) is 0.631. The fraction of sp³-hybridized carbons (Fsp3) is 1.00. The Kier molecular flexibility index (Phi) is 3.79. The SMILES string of the molecule is CC(C)(C)N1CCN2CCN(C(C)(C)C)CC2C1. The van der Waals surface area contributed by atoms with Crippen molar-refractivity contribution < 1.29 is 0 Å². The van der Waals surface area contributed by atoms with Gasteiger partial charge in [-0.1, -0.05) is 0 Å². The van der Waals surface area contributed by atoms with Gasteiger partial charge in [-0.3, -0.25) is 14.7 Å². The first-order valence-corrected chi connectivity index (χ1v) is 7.42. The summed E-state index contributed by atoms with van der Waals surface area (Å²) in [6, 6.07) is 0.728. The highest BCUT2D eigenvalue weighted by atomic mass is 15.4. The molecule has 0 spiro atoms. The molecule has 0 N–H and O–H groups in total. The Hall–Kier alpha value is -0.120. The lowest BCUT2D eigenvalue weighted by Gasteiger charge is -2.53. The van der Waals surface area contributed by atoms with Crippen LogP contribution in [0.15, 0.2) is 0 Å². The van der Waals surface area contributed by atoms with Crippen molar-refractivity contribution in [1.29, 1.82) is 0 Å². The minimum Gasteiger partial charge on any atom is -0.296 e. The Morgan fingerprint density at radius 3 is 1.39 bits per heavy atom. The molecule has 3 nitrogen and oxygen atoms in total. The number of hydrogen-bond donors (Lipinski definition) is 0. The van der Waals surface area contributed by atoms with Crippen LogP contribution in [0.25, 0.3) is 0 Å². The molecule has 0 bridgehead atoms. The topological polar surface area (TPSA) is 9.72 Å². The molecule has 2 heterocycles. The lowest BCUT2D eigenvalue weighted by Crippen LogP contribution is -2.66. The summed E-state index contributed by atoms with van der Waals surface area (Å²) in [6.45, 7) is 21.5. The third-order valence-corrected chi connectivity index (χ3v) is 4.59. The fourth-order valence-electron chi connectivity index (χ4n) is 3.17. The zero-order chi connectivity index (χ0) is 13.6. The van der Waals surface area contributed by atoms with Crippen molar-refractivity contribution in [3.8, 4) is 0 Å². The molecule has 0 aromatic rings. The molecule has 0 amide bonds. The maximum atomic E-state index is 2.70. The van der Waals surface area contributed by atoms with E-state index in [1.54, 1.807) is 0 Å². The van der Waals surface area contributed by atoms with Gasteiger partial charge in [0.05, 0.1) is 0 Å². The number of fused-ring (bicyclic) bond motifs is 1. The Labute approximate surface area is 113 Å². The van der Waals surface area contributed by atoms with Gasteiger partial charge in [-0.2, -0.15) is 0 Å². The van der Waals surface area contributed by atoms with E-state index in [2.05, 4.69) is 56.2 Å². The second-order valence-corrected chi connectivity index (χ2v) is 7.92. The van der Waals surface area contributed by atoms with E-state index in [1.807, 2.05) is 0 Å². The summed E-state index contributed by atoms with van der Waals surface area (Å²) in [5.74, 6) is 0. The molecule has 2 rings (SSSR count). The molecule has 3 heteroatoms. The van der Waals surface area contributed by atoms with Crippen molar-refractivity contribution in [3.05, 3.63) is 0 Å². The largest absolute Gasteiger partial charge is 0.296 e. The van der Waals surface area contributed by atoms with Gasteiger partial charge in [-0.15, -0.1) is 0 Å². The van der Waals surface area contributed by atoms with Crippen LogP contribution in [0.2, 0.25) is 0 Å². The maximum absolute atomic E-state index is 2.70. The molecular weight excluding hydrogens is 222 g/mol. The van der Waals surface area contributed by atoms with Crippen LogP contribution in [0.1, 0.15) is 41.5 Å². The molecule has 2 fully saturated rings. The first kappa shape index (κ1) is 14.3. The van der Waals surface area contributed by atoms with Gasteiger partial charge >= 0.3 is 0 Å². The molecule has 2 aliphatic rings. The summed E-state index contributed by atoms with van der Waals surface area (Å²) in [7, 11) is 0. The van der Waals surface area contributed by atoms with E-state index < -0.39 is 0 Å². The Morgan fingerprint density at radius 2 is 1.06 bits per heavy atom. The van der Waals surface area contributed by atoms with Crippen molar-refractivity contribution in [1.82, 2.24) is 14.7 Å². The molecule has 0 aliphatic carbocycles. The van der Waals surface area contributed by atoms with Crippen molar-refractivity contribution in [2.24, 2.45) is 0 Å². The van der Waals surface area contributed by atoms with Crippen molar-refractivity contribution >= 4 is 0 Å². The van der Waals surface area contributed by atoms with Gasteiger partial charge in [0.25, 0.3) is 0 Å². The van der Waals surface area contributed by atoms with Gasteiger partial charge in [0, 0.05) is 56.4 Å². The quantitative estimate of drug-likeness (QED) is 0.653. The van der Waals surface area contributed by atoms with Gasteiger partial charge in [0.1, 0.15) is 0 Å². The van der Waals surface area contributed by atoms with Gasteiger partial charge in [0.15, 0.2) is 0 Å². The smallest absolute Gasteiger partial charge is 0.0351 e. The van der Waals surface area contributed by atoms with Crippen LogP contribution in [-0.2, 0) is 0 Å². The molecule has 0 radical (unpaired) electrons. The van der Waals surface area contributed by atoms with Gasteiger partial charge in [-0.05, 0) is 41.5 Å². The van der Waals surface area contributed by atoms with Crippen LogP contribution in [0, 0.1) is 0 Å². The molecule has 0 aromatic heterocycles. The van der Waals surface area contributed by atoms with Crippen molar-refractivity contribution in [2.45, 2.75) is 58.7 Å². The first-order valence-electron chi connectivity index (χ1n) is 7.42. The average molecular weight is 253 g/mol. The highest BCUT2D eigenvalue weighted by Gasteiger charge is 2.37. The van der Waals surface area contributed by atoms with Crippen LogP contribution in [0.4, 0.5) is 0 Å². The van der Waals surface area contributed by atoms with E-state index in [0.29, 0.717) is 11.1 Å². The van der Waals surface area contributed by atoms with Crippen LogP contribution in [0.5, 0.6) is 0 Å². The minimum atomic E-state index is 0.316. The first-order chi connectivity index (χ1) is 8.18. The predicted octanol–water partition coefficient (Wildman–Crippen LogP) is 1.89. The van der Waals surface area contributed by atoms with Crippen LogP contribution < -0.4 is 0 Å². The standard InChI is InChI=1S/C15H31N3/c1-14(2,3)17-9-7-16-8-10-18(15(4,5)6)12-13(16)11-17/h13H,7-12H2,1-6H3. The average Bonchev–Trinajstić information content (AvgIpc) is 2.25. The Balaban J connectivity index is 2.00. The number of hydrogen-bond acceptors (Lipinski definition) is 3. The lowest BCUT2D eigenvalue weighted by molar-refractivity contribution is -0.0397. The fourth-order valence-corrected chi connectivity index (χ4v) is 3.17. The third-order valence-electron chi connectivity index (χ3n) is 4.59. The van der Waals surface area contributed by atoms with E-state index in [9.17, 15) is 0 Å². The molecule has 106 valence electrons. The zero-order valence-electron chi connectivity index (χ0n) is 13.2. The summed E-state index contributed by atoms with van der Waals surface area (Å²) < 4.78 is 0. The summed E-state index contributed by atoms with van der Waals surface area (Å²) in [5, 5.41) is 0. The molecule has 18 heavy (non-hydrogen) atoms. The number of rotatable bonds is 0. The number of piperazine rings is 2. The lowest BCUT2D eigenvalue weighted by atomic mass is 9.97. The maximum Gasteiger partial charge on any atom is 0.0351 e. The Bertz CT molecular complexity index is 259. The molecular formula is C15H31N3. The third kappa shape index (κ3) is 3.06. The predicted molar refractivity (Wildman–Crippen MR) is 78.0 cm³/mol. The van der Waals surface area contributed by atoms with Gasteiger partial charge in [-0.25, -0.2) is 0 Å². The monoisotopic (exact) mass is 253 g/mol. The molecule has 2 saturated heterocycles. The van der Waals surface area contributed by atoms with Gasteiger partial charge < -0.3 is 0 Å². The summed E-state index contributed by atoms with van der Waals surface area (Å²) in [4.78, 5) is 8.01. The molecule has 0 saturated carbocycles. The molecule has 0 atom stereocenters. The highest BCUT2D eigenvalue weighted by Crippen LogP contribution is 2.25. The Morgan fingerprint density at radius 1 is 0.667 bits per heavy atom. The molecule has 0 aromatic carbocycles. The van der Waals surface area contributed by atoms with E-state index >= 15 is 0 Å². The van der Waals surface area contributed by atoms with E-state index in [1.165, 1.54) is 39.3 Å². The van der Waals surface area contributed by atoms with E-state index in [4.69, 9.17) is 0 Å². The van der Waals surface area contributed by atoms with Crippen molar-refractivity contribution in [2.75, 3.05) is 39.3 Å². The van der Waals surface area contributed by atoms with Crippen LogP contribution >= 0.6 is 0 Å². The second kappa shape index (κ2) is 4.77. The molecule has 2 aliphatic heterocycles. The van der Waals surface area contributed by atoms with Gasteiger partial charge in [0.2, 0.25) is 0 Å². The van der Waals surface area contributed by atoms with Crippen LogP contribution in [-0.4, -0.2) is 71.1 Å². The summed E-state index contributed by atoms with van der Waals surface area (Å²) >= 11 is 0. The summed E-state index contributed by atoms with van der Waals surface area (Å²) in [6.07, 6.45) is 0. The minimum absolute atomic E-state index is 0.316. The second-order valence-electron chi connectivity index (χ2n) is 7.92. The van der Waals surface area contributed by atoms with E-state index in [0.717, 1.165) is 6.04 Å². The number of nitrogens with zero attached hydrogens (tertiary/aromatic N) is 3. The van der Waals surface area contributed by atoms with Crippen LogP contribution in [0.3, 0.4) is 0 Å².